The summed E-state index contributed by atoms with van der Waals surface area (Å²) in [6, 6.07) is 9.16. The third kappa shape index (κ3) is 5.76. The molecule has 0 fully saturated rings. The van der Waals surface area contributed by atoms with Crippen molar-refractivity contribution in [3.8, 4) is 0 Å². The number of halogens is 1. The minimum atomic E-state index is -5.17. The Morgan fingerprint density at radius 2 is 1.96 bits per heavy atom. The zero-order valence-electron chi connectivity index (χ0n) is 13.8. The quantitative estimate of drug-likeness (QED) is 0.428. The average Bonchev–Trinajstić information content (AvgIpc) is 3.03. The summed E-state index contributed by atoms with van der Waals surface area (Å²) in [7, 11) is -3.74. The number of benzene rings is 1. The molecule has 10 heteroatoms. The molecular formula is C16H16ClNO6S2-2. The molecule has 0 N–H and O–H groups in total. The number of carbonyl (C=O) groups excluding carboxylic acids is 1. The van der Waals surface area contributed by atoms with Crippen LogP contribution in [0.4, 0.5) is 0 Å². The largest absolute Gasteiger partial charge is 0.759 e. The standard InChI is InChI=1S/C16H16ClNO2S.H2O4S/c1-20-16(19)15(12-4-2-3-5-13(12)17)18-8-6-14-11(10-18)7-9-21-14;1-5(2,3)4/h2-5,7,9,15H,6,8,10H2,1H3;(H2,1,2,3,4)/p-2. The fourth-order valence-electron chi connectivity index (χ4n) is 2.77. The van der Waals surface area contributed by atoms with E-state index >= 15 is 0 Å². The van der Waals surface area contributed by atoms with Crippen LogP contribution in [-0.2, 0) is 32.9 Å². The number of carbonyl (C=O) groups is 1. The van der Waals surface area contributed by atoms with Gasteiger partial charge in [0.25, 0.3) is 0 Å². The molecule has 26 heavy (non-hydrogen) atoms. The van der Waals surface area contributed by atoms with Crippen LogP contribution in [0.3, 0.4) is 0 Å². The number of hydrogen-bond acceptors (Lipinski definition) is 8. The van der Waals surface area contributed by atoms with Crippen molar-refractivity contribution >= 4 is 39.3 Å². The van der Waals surface area contributed by atoms with Gasteiger partial charge in [-0.1, -0.05) is 29.8 Å². The first-order valence-electron chi connectivity index (χ1n) is 7.49. The van der Waals surface area contributed by atoms with Crippen molar-refractivity contribution in [2.75, 3.05) is 13.7 Å². The Balaban J connectivity index is 0.000000431. The summed E-state index contributed by atoms with van der Waals surface area (Å²) >= 11 is 8.07. The van der Waals surface area contributed by atoms with E-state index in [4.69, 9.17) is 33.9 Å². The molecule has 1 atom stereocenters. The van der Waals surface area contributed by atoms with Crippen molar-refractivity contribution in [1.82, 2.24) is 4.90 Å². The van der Waals surface area contributed by atoms with Crippen molar-refractivity contribution < 1.29 is 27.1 Å². The Hall–Kier alpha value is -1.49. The van der Waals surface area contributed by atoms with E-state index in [-0.39, 0.29) is 5.97 Å². The molecule has 0 saturated heterocycles. The highest BCUT2D eigenvalue weighted by atomic mass is 35.5. The van der Waals surface area contributed by atoms with Crippen LogP contribution in [0.25, 0.3) is 0 Å². The molecule has 2 aromatic rings. The van der Waals surface area contributed by atoms with Gasteiger partial charge in [0.2, 0.25) is 0 Å². The normalized spacial score (nSPS) is 15.4. The third-order valence-electron chi connectivity index (χ3n) is 3.83. The van der Waals surface area contributed by atoms with Gasteiger partial charge < -0.3 is 13.8 Å². The van der Waals surface area contributed by atoms with Gasteiger partial charge in [0, 0.05) is 33.4 Å². The number of ether oxygens (including phenoxy) is 1. The molecule has 1 aliphatic heterocycles. The molecule has 1 unspecified atom stereocenters. The van der Waals surface area contributed by atoms with Crippen LogP contribution < -0.4 is 0 Å². The number of nitrogens with zero attached hydrogens (tertiary/aromatic N) is 1. The predicted molar refractivity (Wildman–Crippen MR) is 95.1 cm³/mol. The second-order valence-electron chi connectivity index (χ2n) is 5.44. The average molecular weight is 418 g/mol. The molecule has 0 spiro atoms. The number of esters is 1. The fourth-order valence-corrected chi connectivity index (χ4v) is 3.90. The first-order chi connectivity index (χ1) is 12.2. The zero-order valence-corrected chi connectivity index (χ0v) is 16.1. The molecule has 0 bridgehead atoms. The van der Waals surface area contributed by atoms with Crippen molar-refractivity contribution in [2.45, 2.75) is 19.0 Å². The minimum Gasteiger partial charge on any atom is -0.759 e. The van der Waals surface area contributed by atoms with Crippen molar-refractivity contribution in [2.24, 2.45) is 0 Å². The zero-order chi connectivity index (χ0) is 19.3. The maximum Gasteiger partial charge on any atom is 0.327 e. The molecule has 7 nitrogen and oxygen atoms in total. The Morgan fingerprint density at radius 3 is 2.58 bits per heavy atom. The van der Waals surface area contributed by atoms with Gasteiger partial charge in [-0.15, -0.1) is 11.3 Å². The maximum atomic E-state index is 12.3. The summed E-state index contributed by atoms with van der Waals surface area (Å²) in [5, 5.41) is 2.71. The van der Waals surface area contributed by atoms with Gasteiger partial charge in [0.1, 0.15) is 6.04 Å². The Kier molecular flexibility index (Phi) is 7.16. The highest BCUT2D eigenvalue weighted by Crippen LogP contribution is 2.33. The Morgan fingerprint density at radius 1 is 1.31 bits per heavy atom. The summed E-state index contributed by atoms with van der Waals surface area (Å²) in [6.07, 6.45) is 0.963. The number of methoxy groups -OCH3 is 1. The third-order valence-corrected chi connectivity index (χ3v) is 5.19. The van der Waals surface area contributed by atoms with Crippen molar-refractivity contribution in [1.29, 1.82) is 0 Å². The number of fused-ring (bicyclic) bond motifs is 1. The van der Waals surface area contributed by atoms with E-state index in [2.05, 4.69) is 16.3 Å². The van der Waals surface area contributed by atoms with Gasteiger partial charge in [0.05, 0.1) is 7.11 Å². The summed E-state index contributed by atoms with van der Waals surface area (Å²) in [5.74, 6) is -0.262. The topological polar surface area (TPSA) is 110 Å². The lowest BCUT2D eigenvalue weighted by Gasteiger charge is -2.33. The molecule has 0 saturated carbocycles. The van der Waals surface area contributed by atoms with E-state index in [1.54, 1.807) is 11.3 Å². The van der Waals surface area contributed by atoms with E-state index in [1.807, 2.05) is 24.3 Å². The van der Waals surface area contributed by atoms with Gasteiger partial charge in [-0.3, -0.25) is 13.3 Å². The Bertz CT molecular complexity index is 859. The van der Waals surface area contributed by atoms with Gasteiger partial charge in [-0.2, -0.15) is 0 Å². The summed E-state index contributed by atoms with van der Waals surface area (Å²) in [4.78, 5) is 15.8. The molecule has 1 aliphatic rings. The molecular weight excluding hydrogens is 402 g/mol. The van der Waals surface area contributed by atoms with Crippen LogP contribution in [0.15, 0.2) is 35.7 Å². The smallest absolute Gasteiger partial charge is 0.327 e. The Labute approximate surface area is 160 Å². The van der Waals surface area contributed by atoms with Crippen molar-refractivity contribution in [3.63, 3.8) is 0 Å². The van der Waals surface area contributed by atoms with Crippen LogP contribution in [0.2, 0.25) is 5.02 Å². The lowest BCUT2D eigenvalue weighted by molar-refractivity contribution is -0.147. The highest BCUT2D eigenvalue weighted by molar-refractivity contribution is 7.79. The number of thiophene rings is 1. The monoisotopic (exact) mass is 417 g/mol. The fraction of sp³-hybridized carbons (Fsp3) is 0.312. The highest BCUT2D eigenvalue weighted by Gasteiger charge is 2.32. The van der Waals surface area contributed by atoms with E-state index in [9.17, 15) is 4.79 Å². The predicted octanol–water partition coefficient (Wildman–Crippen LogP) is 2.34. The first-order valence-corrected chi connectivity index (χ1v) is 10.1. The molecule has 0 aliphatic carbocycles. The van der Waals surface area contributed by atoms with Gasteiger partial charge in [-0.05, 0) is 35.1 Å². The first kappa shape index (κ1) is 20.8. The van der Waals surface area contributed by atoms with E-state index in [1.165, 1.54) is 17.6 Å². The maximum absolute atomic E-state index is 12.3. The van der Waals surface area contributed by atoms with Crippen molar-refractivity contribution in [3.05, 3.63) is 56.7 Å². The van der Waals surface area contributed by atoms with Gasteiger partial charge in [0.15, 0.2) is 0 Å². The van der Waals surface area contributed by atoms with Gasteiger partial charge >= 0.3 is 5.97 Å². The van der Waals surface area contributed by atoms with Crippen LogP contribution in [-0.4, -0.2) is 42.0 Å². The second-order valence-corrected chi connectivity index (χ2v) is 7.67. The lowest BCUT2D eigenvalue weighted by Crippen LogP contribution is -2.38. The van der Waals surface area contributed by atoms with E-state index in [0.29, 0.717) is 5.02 Å². The molecule has 142 valence electrons. The summed E-state index contributed by atoms with van der Waals surface area (Å²) in [6.45, 7) is 1.59. The van der Waals surface area contributed by atoms with Crippen LogP contribution in [0.5, 0.6) is 0 Å². The number of hydrogen-bond donors (Lipinski definition) is 0. The summed E-state index contributed by atoms with van der Waals surface area (Å²) in [5.41, 5.74) is 2.11. The molecule has 0 radical (unpaired) electrons. The van der Waals surface area contributed by atoms with Crippen LogP contribution in [0.1, 0.15) is 22.0 Å². The molecule has 3 rings (SSSR count). The molecule has 2 heterocycles. The molecule has 0 amide bonds. The second kappa shape index (κ2) is 8.94. The number of rotatable bonds is 3. The SMILES string of the molecule is COC(=O)C(c1ccccc1Cl)N1CCc2sccc2C1.O=S(=O)([O-])[O-]. The van der Waals surface area contributed by atoms with Crippen LogP contribution in [0, 0.1) is 0 Å². The summed E-state index contributed by atoms with van der Waals surface area (Å²) < 4.78 is 39.1. The van der Waals surface area contributed by atoms with E-state index in [0.717, 1.165) is 25.1 Å². The molecule has 1 aromatic carbocycles. The minimum absolute atomic E-state index is 0.262. The van der Waals surface area contributed by atoms with Crippen LogP contribution >= 0.6 is 22.9 Å². The molecule has 1 aromatic heterocycles. The lowest BCUT2D eigenvalue weighted by atomic mass is 10.0. The van der Waals surface area contributed by atoms with Gasteiger partial charge in [-0.25, -0.2) is 4.79 Å². The van der Waals surface area contributed by atoms with E-state index < -0.39 is 16.4 Å².